The predicted octanol–water partition coefficient (Wildman–Crippen LogP) is 2.49. The number of sulfone groups is 1. The van der Waals surface area contributed by atoms with Crippen LogP contribution in [0.1, 0.15) is 18.6 Å². The maximum Gasteiger partial charge on any atom is 0.225 e. The van der Waals surface area contributed by atoms with Gasteiger partial charge in [-0.05, 0) is 40.3 Å². The average molecular weight is 405 g/mol. The van der Waals surface area contributed by atoms with Gasteiger partial charge in [-0.1, -0.05) is 30.7 Å². The third-order valence-electron chi connectivity index (χ3n) is 2.54. The van der Waals surface area contributed by atoms with Gasteiger partial charge in [-0.25, -0.2) is 8.42 Å². The summed E-state index contributed by atoms with van der Waals surface area (Å²) < 4.78 is 26.9. The fourth-order valence-electron chi connectivity index (χ4n) is 1.34. The molecule has 0 radical (unpaired) electrons. The molecule has 0 aliphatic heterocycles. The second kappa shape index (κ2) is 5.94. The van der Waals surface area contributed by atoms with Gasteiger partial charge >= 0.3 is 0 Å². The minimum absolute atomic E-state index is 0.132. The quantitative estimate of drug-likeness (QED) is 0.605. The smallest absolute Gasteiger partial charge is 0.225 e. The van der Waals surface area contributed by atoms with Crippen LogP contribution in [0.5, 0.6) is 5.75 Å². The number of rotatable bonds is 5. The highest BCUT2D eigenvalue weighted by Crippen LogP contribution is 2.43. The van der Waals surface area contributed by atoms with Gasteiger partial charge in [-0.3, -0.25) is 0 Å². The van der Waals surface area contributed by atoms with E-state index >= 15 is 0 Å². The van der Waals surface area contributed by atoms with Crippen LogP contribution in [-0.2, 0) is 9.84 Å². The topological polar surface area (TPSA) is 63.6 Å². The molecule has 0 amide bonds. The highest BCUT2D eigenvalue weighted by molar-refractivity contribution is 14.1. The molecule has 2 atom stereocenters. The summed E-state index contributed by atoms with van der Waals surface area (Å²) in [6.45, 7) is 1.49. The Labute approximate surface area is 125 Å². The van der Waals surface area contributed by atoms with Crippen LogP contribution in [0, 0.1) is 0 Å². The monoisotopic (exact) mass is 404 g/mol. The van der Waals surface area contributed by atoms with Crippen LogP contribution in [0.15, 0.2) is 24.3 Å². The largest absolute Gasteiger partial charge is 0.497 e. The second-order valence-corrected chi connectivity index (χ2v) is 9.98. The lowest BCUT2D eigenvalue weighted by molar-refractivity contribution is 0.187. The van der Waals surface area contributed by atoms with Crippen LogP contribution < -0.4 is 4.74 Å². The molecular formula is C11H14ClIO4S. The molecule has 1 rings (SSSR count). The fourth-order valence-corrected chi connectivity index (χ4v) is 3.95. The Hall–Kier alpha value is -0.0500. The summed E-state index contributed by atoms with van der Waals surface area (Å²) in [6, 6.07) is 6.45. The third-order valence-corrected chi connectivity index (χ3v) is 7.87. The molecule has 0 bridgehead atoms. The zero-order chi connectivity index (χ0) is 14.0. The number of halogens is 2. The number of ether oxygens (including phenoxy) is 1. The summed E-state index contributed by atoms with van der Waals surface area (Å²) >= 11 is 7.57. The van der Waals surface area contributed by atoms with Crippen LogP contribution in [0.4, 0.5) is 0 Å². The molecule has 1 N–H and O–H groups in total. The van der Waals surface area contributed by atoms with Crippen LogP contribution in [0.2, 0.25) is 0 Å². The van der Waals surface area contributed by atoms with Crippen molar-refractivity contribution in [1.29, 1.82) is 0 Å². The Morgan fingerprint density at radius 2 is 1.94 bits per heavy atom. The van der Waals surface area contributed by atoms with E-state index < -0.39 is 18.2 Å². The molecule has 0 aliphatic carbocycles. The maximum absolute atomic E-state index is 11.8. The zero-order valence-electron chi connectivity index (χ0n) is 9.93. The molecule has 7 heteroatoms. The van der Waals surface area contributed by atoms with Crippen molar-refractivity contribution in [3.05, 3.63) is 29.8 Å². The number of aliphatic hydroxyl groups is 1. The Morgan fingerprint density at radius 3 is 2.33 bits per heavy atom. The predicted molar refractivity (Wildman–Crippen MR) is 80.0 cm³/mol. The van der Waals surface area contributed by atoms with Crippen molar-refractivity contribution in [2.24, 2.45) is 0 Å². The van der Waals surface area contributed by atoms with Crippen molar-refractivity contribution in [3.8, 4) is 5.75 Å². The van der Waals surface area contributed by atoms with E-state index in [0.29, 0.717) is 11.3 Å². The molecule has 4 nitrogen and oxygen atoms in total. The Balaban J connectivity index is 3.09. The maximum atomic E-state index is 11.8. The van der Waals surface area contributed by atoms with Gasteiger partial charge in [0.2, 0.25) is 2.21 Å². The van der Waals surface area contributed by atoms with Crippen LogP contribution in [-0.4, -0.2) is 28.6 Å². The summed E-state index contributed by atoms with van der Waals surface area (Å²) in [7, 11) is -2.07. The molecule has 0 aromatic heterocycles. The van der Waals surface area contributed by atoms with Gasteiger partial charge in [0.15, 0.2) is 9.84 Å². The van der Waals surface area contributed by atoms with Gasteiger partial charge in [-0.2, -0.15) is 0 Å². The third kappa shape index (κ3) is 3.09. The number of benzene rings is 1. The highest BCUT2D eigenvalue weighted by atomic mass is 127. The first kappa shape index (κ1) is 16.0. The van der Waals surface area contributed by atoms with Crippen molar-refractivity contribution in [2.75, 3.05) is 12.9 Å². The molecule has 0 aliphatic rings. The molecule has 18 heavy (non-hydrogen) atoms. The van der Waals surface area contributed by atoms with Crippen molar-refractivity contribution < 1.29 is 18.3 Å². The lowest BCUT2D eigenvalue weighted by atomic mass is 10.1. The van der Waals surface area contributed by atoms with Gasteiger partial charge in [0.05, 0.1) is 12.9 Å². The van der Waals surface area contributed by atoms with Crippen LogP contribution >= 0.6 is 34.2 Å². The minimum Gasteiger partial charge on any atom is -0.497 e. The van der Waals surface area contributed by atoms with E-state index in [0.717, 1.165) is 0 Å². The first-order valence-corrected chi connectivity index (χ1v) is 8.29. The van der Waals surface area contributed by atoms with Gasteiger partial charge in [0.1, 0.15) is 11.9 Å². The molecule has 1 aromatic rings. The molecule has 0 heterocycles. The van der Waals surface area contributed by atoms with Crippen LogP contribution in [0.25, 0.3) is 0 Å². The second-order valence-electron chi connectivity index (χ2n) is 3.64. The number of methoxy groups -OCH3 is 1. The summed E-state index contributed by atoms with van der Waals surface area (Å²) in [4.78, 5) is 0. The molecule has 1 aromatic carbocycles. The van der Waals surface area contributed by atoms with Gasteiger partial charge in [-0.15, -0.1) is 0 Å². The Bertz CT molecular complexity index is 498. The molecule has 0 saturated heterocycles. The van der Waals surface area contributed by atoms with E-state index in [1.807, 2.05) is 0 Å². The molecule has 0 unspecified atom stereocenters. The van der Waals surface area contributed by atoms with E-state index in [2.05, 4.69) is 0 Å². The standard InChI is InChI=1S/C11H14ClIO4S/c1-3-18(15,16)11(12,13)10(14)8-4-6-9(17-2)7-5-8/h4-7,10,14H,3H2,1-2H3/t10-,11+/m1/s1. The van der Waals surface area contributed by atoms with E-state index in [4.69, 9.17) is 16.3 Å². The van der Waals surface area contributed by atoms with E-state index in [-0.39, 0.29) is 5.75 Å². The van der Waals surface area contributed by atoms with Gasteiger partial charge < -0.3 is 9.84 Å². The Kier molecular flexibility index (Phi) is 5.28. The normalized spacial score (nSPS) is 16.9. The fraction of sp³-hybridized carbons (Fsp3) is 0.455. The van der Waals surface area contributed by atoms with Crippen LogP contribution in [0.3, 0.4) is 0 Å². The minimum atomic E-state index is -3.59. The molecule has 0 spiro atoms. The first-order valence-electron chi connectivity index (χ1n) is 5.18. The van der Waals surface area contributed by atoms with Crippen molar-refractivity contribution >= 4 is 44.0 Å². The van der Waals surface area contributed by atoms with Crippen molar-refractivity contribution in [2.45, 2.75) is 15.2 Å². The summed E-state index contributed by atoms with van der Waals surface area (Å²) in [5, 5.41) is 10.1. The number of hydrogen-bond acceptors (Lipinski definition) is 4. The Morgan fingerprint density at radius 1 is 1.44 bits per heavy atom. The molecular weight excluding hydrogens is 391 g/mol. The van der Waals surface area contributed by atoms with E-state index in [1.54, 1.807) is 46.9 Å². The highest BCUT2D eigenvalue weighted by Gasteiger charge is 2.45. The first-order chi connectivity index (χ1) is 8.26. The lowest BCUT2D eigenvalue weighted by Gasteiger charge is -2.26. The lowest BCUT2D eigenvalue weighted by Crippen LogP contribution is -2.34. The number of aliphatic hydroxyl groups excluding tert-OH is 1. The average Bonchev–Trinajstić information content (AvgIpc) is 2.37. The zero-order valence-corrected chi connectivity index (χ0v) is 13.7. The number of hydrogen-bond donors (Lipinski definition) is 1. The van der Waals surface area contributed by atoms with Gasteiger partial charge in [0.25, 0.3) is 0 Å². The summed E-state index contributed by atoms with van der Waals surface area (Å²) in [6.07, 6.45) is -1.31. The summed E-state index contributed by atoms with van der Waals surface area (Å²) in [5.74, 6) is 0.491. The molecule has 0 fully saturated rings. The van der Waals surface area contributed by atoms with Crippen molar-refractivity contribution in [1.82, 2.24) is 0 Å². The van der Waals surface area contributed by atoms with E-state index in [9.17, 15) is 13.5 Å². The number of alkyl halides is 2. The SMILES string of the molecule is CCS(=O)(=O)[C@@](Cl)(I)[C@H](O)c1ccc(OC)cc1. The van der Waals surface area contributed by atoms with E-state index in [1.165, 1.54) is 14.0 Å². The van der Waals surface area contributed by atoms with Gasteiger partial charge in [0, 0.05) is 0 Å². The molecule has 102 valence electrons. The molecule has 0 saturated carbocycles. The summed E-state index contributed by atoms with van der Waals surface area (Å²) in [5.41, 5.74) is 0.428. The van der Waals surface area contributed by atoms with Crippen molar-refractivity contribution in [3.63, 3.8) is 0 Å².